The maximum Gasteiger partial charge on any atom is 0.269 e. The molecule has 1 N–H and O–H groups in total. The zero-order valence-electron chi connectivity index (χ0n) is 17.6. The van der Waals surface area contributed by atoms with Gasteiger partial charge in [0.25, 0.3) is 15.9 Å². The molecule has 0 atom stereocenters. The highest BCUT2D eigenvalue weighted by molar-refractivity contribution is 7.90. The fraction of sp³-hybridized carbons (Fsp3) is 0.333. The second kappa shape index (κ2) is 9.12. The van der Waals surface area contributed by atoms with E-state index in [1.54, 1.807) is 6.07 Å². The molecule has 2 aliphatic rings. The highest BCUT2D eigenvalue weighted by Crippen LogP contribution is 2.29. The average Bonchev–Trinajstić information content (AvgIpc) is 3.41. The molecule has 0 unspecified atom stereocenters. The molecule has 10 nitrogen and oxygen atoms in total. The lowest BCUT2D eigenvalue weighted by atomic mass is 10.2. The van der Waals surface area contributed by atoms with Crippen LogP contribution >= 0.6 is 0 Å². The van der Waals surface area contributed by atoms with Gasteiger partial charge >= 0.3 is 0 Å². The van der Waals surface area contributed by atoms with E-state index in [4.69, 9.17) is 4.74 Å². The maximum atomic E-state index is 12.5. The van der Waals surface area contributed by atoms with Crippen LogP contribution in [0.15, 0.2) is 58.3 Å². The van der Waals surface area contributed by atoms with Crippen LogP contribution in [0.1, 0.15) is 23.2 Å². The Morgan fingerprint density at radius 1 is 1.03 bits per heavy atom. The van der Waals surface area contributed by atoms with E-state index in [2.05, 4.69) is 5.32 Å². The number of fused-ring (bicyclic) bond motifs is 1. The van der Waals surface area contributed by atoms with Crippen LogP contribution in [0.4, 0.5) is 0 Å². The van der Waals surface area contributed by atoms with Gasteiger partial charge in [0.15, 0.2) is 0 Å². The normalized spacial score (nSPS) is 17.7. The van der Waals surface area contributed by atoms with Crippen LogP contribution in [0.25, 0.3) is 0 Å². The number of benzene rings is 2. The van der Waals surface area contributed by atoms with Crippen molar-refractivity contribution in [3.05, 3.63) is 54.1 Å². The lowest BCUT2D eigenvalue weighted by Gasteiger charge is -2.16. The summed E-state index contributed by atoms with van der Waals surface area (Å²) >= 11 is 0. The third-order valence-electron chi connectivity index (χ3n) is 5.42. The number of carbonyl (C=O) groups is 2. The molecule has 0 aliphatic carbocycles. The summed E-state index contributed by atoms with van der Waals surface area (Å²) in [6.45, 7) is 0.568. The Morgan fingerprint density at radius 2 is 1.70 bits per heavy atom. The second-order valence-corrected chi connectivity index (χ2v) is 11.4. The van der Waals surface area contributed by atoms with Gasteiger partial charge in [0.1, 0.15) is 23.8 Å². The Kier molecular flexibility index (Phi) is 6.41. The van der Waals surface area contributed by atoms with Gasteiger partial charge in [0.05, 0.1) is 17.0 Å². The molecule has 2 aromatic rings. The zero-order valence-corrected chi connectivity index (χ0v) is 19.3. The average molecular weight is 494 g/mol. The molecule has 0 saturated carbocycles. The topological polar surface area (TPSA) is 130 Å². The number of sulfonamides is 2. The van der Waals surface area contributed by atoms with Gasteiger partial charge in [-0.2, -0.15) is 4.31 Å². The fourth-order valence-electron chi connectivity index (χ4n) is 3.72. The minimum Gasteiger partial charge on any atom is -0.492 e. The van der Waals surface area contributed by atoms with Crippen LogP contribution in [0.3, 0.4) is 0 Å². The number of ether oxygens (including phenoxy) is 1. The van der Waals surface area contributed by atoms with Crippen LogP contribution in [-0.4, -0.2) is 70.0 Å². The maximum absolute atomic E-state index is 12.5. The third-order valence-corrected chi connectivity index (χ3v) is 9.12. The van der Waals surface area contributed by atoms with Crippen LogP contribution in [0, 0.1) is 0 Å². The predicted octanol–water partition coefficient (Wildman–Crippen LogP) is 0.811. The largest absolute Gasteiger partial charge is 0.492 e. The van der Waals surface area contributed by atoms with E-state index in [1.165, 1.54) is 46.8 Å². The number of nitrogens with one attached hydrogen (secondary N) is 1. The SMILES string of the molecule is O=C(CN1C(=O)c2ccccc2S1(=O)=O)NCCOc1ccc(S(=O)(=O)N2CCCC2)cc1. The van der Waals surface area contributed by atoms with E-state index >= 15 is 0 Å². The quantitative estimate of drug-likeness (QED) is 0.539. The highest BCUT2D eigenvalue weighted by atomic mass is 32.2. The number of rotatable bonds is 8. The molecule has 2 amide bonds. The Hall–Kier alpha value is -2.96. The Labute approximate surface area is 192 Å². The van der Waals surface area contributed by atoms with E-state index in [0.717, 1.165) is 12.8 Å². The lowest BCUT2D eigenvalue weighted by Crippen LogP contribution is -2.41. The summed E-state index contributed by atoms with van der Waals surface area (Å²) in [6.07, 6.45) is 1.72. The first-order valence-electron chi connectivity index (χ1n) is 10.4. The van der Waals surface area contributed by atoms with Crippen molar-refractivity contribution in [2.45, 2.75) is 22.6 Å². The first kappa shape index (κ1) is 23.2. The van der Waals surface area contributed by atoms with Gasteiger partial charge in [-0.15, -0.1) is 0 Å². The third kappa shape index (κ3) is 4.59. The molecule has 2 aliphatic heterocycles. The van der Waals surface area contributed by atoms with Crippen LogP contribution in [-0.2, 0) is 24.8 Å². The summed E-state index contributed by atoms with van der Waals surface area (Å²) in [7, 11) is -7.55. The summed E-state index contributed by atoms with van der Waals surface area (Å²) in [6, 6.07) is 11.8. The number of amides is 2. The van der Waals surface area contributed by atoms with Gasteiger partial charge in [-0.05, 0) is 49.2 Å². The standard InChI is InChI=1S/C21H23N3O7S2/c25-20(15-24-21(26)18-5-1-2-6-19(18)33(24,29)30)22-11-14-31-16-7-9-17(10-8-16)32(27,28)23-12-3-4-13-23/h1-2,5-10H,3-4,11-15H2,(H,22,25). The summed E-state index contributed by atoms with van der Waals surface area (Å²) < 4.78 is 57.5. The molecule has 176 valence electrons. The molecular weight excluding hydrogens is 470 g/mol. The Morgan fingerprint density at radius 3 is 2.36 bits per heavy atom. The van der Waals surface area contributed by atoms with E-state index in [-0.39, 0.29) is 28.5 Å². The predicted molar refractivity (Wildman–Crippen MR) is 118 cm³/mol. The van der Waals surface area contributed by atoms with Crippen molar-refractivity contribution in [1.29, 1.82) is 0 Å². The van der Waals surface area contributed by atoms with E-state index < -0.39 is 38.4 Å². The number of nitrogens with zero attached hydrogens (tertiary/aromatic N) is 2. The van der Waals surface area contributed by atoms with Crippen LogP contribution in [0.5, 0.6) is 5.75 Å². The smallest absolute Gasteiger partial charge is 0.269 e. The molecule has 1 saturated heterocycles. The Balaban J connectivity index is 1.26. The van der Waals surface area contributed by atoms with Gasteiger partial charge in [-0.25, -0.2) is 21.1 Å². The van der Waals surface area contributed by atoms with Crippen LogP contribution < -0.4 is 10.1 Å². The van der Waals surface area contributed by atoms with Gasteiger partial charge in [-0.1, -0.05) is 12.1 Å². The molecule has 0 spiro atoms. The minimum absolute atomic E-state index is 0.0452. The Bertz CT molecular complexity index is 1270. The first-order chi connectivity index (χ1) is 15.7. The number of hydrogen-bond donors (Lipinski definition) is 1. The molecular formula is C21H23N3O7S2. The van der Waals surface area contributed by atoms with E-state index in [1.807, 2.05) is 0 Å². The summed E-state index contributed by atoms with van der Waals surface area (Å²) in [5, 5.41) is 2.51. The fourth-order valence-corrected chi connectivity index (χ4v) is 6.76. The molecule has 4 rings (SSSR count). The minimum atomic E-state index is -4.05. The van der Waals surface area contributed by atoms with Crippen molar-refractivity contribution in [2.24, 2.45) is 0 Å². The second-order valence-electron chi connectivity index (χ2n) is 7.59. The summed E-state index contributed by atoms with van der Waals surface area (Å²) in [5.41, 5.74) is 0.0452. The van der Waals surface area contributed by atoms with E-state index in [0.29, 0.717) is 23.1 Å². The first-order valence-corrected chi connectivity index (χ1v) is 13.2. The molecule has 0 bridgehead atoms. The van der Waals surface area contributed by atoms with Crippen molar-refractivity contribution < 1.29 is 31.2 Å². The molecule has 0 radical (unpaired) electrons. The van der Waals surface area contributed by atoms with Crippen molar-refractivity contribution in [2.75, 3.05) is 32.8 Å². The summed E-state index contributed by atoms with van der Waals surface area (Å²) in [5.74, 6) is -0.950. The van der Waals surface area contributed by atoms with Crippen molar-refractivity contribution >= 4 is 31.9 Å². The molecule has 1 fully saturated rings. The van der Waals surface area contributed by atoms with Gasteiger partial charge in [-0.3, -0.25) is 9.59 Å². The molecule has 2 aromatic carbocycles. The lowest BCUT2D eigenvalue weighted by molar-refractivity contribution is -0.121. The number of hydrogen-bond acceptors (Lipinski definition) is 7. The van der Waals surface area contributed by atoms with E-state index in [9.17, 15) is 26.4 Å². The van der Waals surface area contributed by atoms with Crippen LogP contribution in [0.2, 0.25) is 0 Å². The van der Waals surface area contributed by atoms with Crippen molar-refractivity contribution in [1.82, 2.24) is 13.9 Å². The highest BCUT2D eigenvalue weighted by Gasteiger charge is 2.41. The molecule has 33 heavy (non-hydrogen) atoms. The van der Waals surface area contributed by atoms with Gasteiger partial charge in [0, 0.05) is 13.1 Å². The molecule has 2 heterocycles. The summed E-state index contributed by atoms with van der Waals surface area (Å²) in [4.78, 5) is 24.6. The molecule has 0 aromatic heterocycles. The molecule has 12 heteroatoms. The van der Waals surface area contributed by atoms with Gasteiger partial charge in [0.2, 0.25) is 15.9 Å². The zero-order chi connectivity index (χ0) is 23.6. The monoisotopic (exact) mass is 493 g/mol. The van der Waals surface area contributed by atoms with Crippen molar-refractivity contribution in [3.8, 4) is 5.75 Å². The number of carbonyl (C=O) groups excluding carboxylic acids is 2. The van der Waals surface area contributed by atoms with Crippen molar-refractivity contribution in [3.63, 3.8) is 0 Å². The van der Waals surface area contributed by atoms with Gasteiger partial charge < -0.3 is 10.1 Å².